The zero-order valence-electron chi connectivity index (χ0n) is 8.15. The van der Waals surface area contributed by atoms with Crippen molar-refractivity contribution in [1.82, 2.24) is 4.98 Å². The van der Waals surface area contributed by atoms with E-state index in [1.165, 1.54) is 12.3 Å². The predicted molar refractivity (Wildman–Crippen MR) is 55.4 cm³/mol. The molecular formula is C10H12ClNO3. The van der Waals surface area contributed by atoms with E-state index in [0.29, 0.717) is 24.1 Å². The Balaban J connectivity index is 2.03. The SMILES string of the molecule is Oc1cnc(OC2CCOCC2)c(Cl)c1. The van der Waals surface area contributed by atoms with Gasteiger partial charge in [0.2, 0.25) is 5.88 Å². The molecular weight excluding hydrogens is 218 g/mol. The van der Waals surface area contributed by atoms with E-state index in [1.54, 1.807) is 0 Å². The van der Waals surface area contributed by atoms with E-state index in [9.17, 15) is 0 Å². The highest BCUT2D eigenvalue weighted by Crippen LogP contribution is 2.27. The molecule has 1 saturated heterocycles. The molecule has 2 heterocycles. The molecule has 1 N–H and O–H groups in total. The average molecular weight is 230 g/mol. The highest BCUT2D eigenvalue weighted by molar-refractivity contribution is 6.31. The second kappa shape index (κ2) is 4.68. The van der Waals surface area contributed by atoms with E-state index >= 15 is 0 Å². The lowest BCUT2D eigenvalue weighted by atomic mass is 10.1. The monoisotopic (exact) mass is 229 g/mol. The van der Waals surface area contributed by atoms with Crippen LogP contribution < -0.4 is 4.74 Å². The molecule has 82 valence electrons. The van der Waals surface area contributed by atoms with Gasteiger partial charge in [-0.1, -0.05) is 11.6 Å². The zero-order chi connectivity index (χ0) is 10.7. The van der Waals surface area contributed by atoms with E-state index in [2.05, 4.69) is 4.98 Å². The van der Waals surface area contributed by atoms with Crippen LogP contribution in [-0.4, -0.2) is 29.4 Å². The van der Waals surface area contributed by atoms with Gasteiger partial charge in [-0.15, -0.1) is 0 Å². The highest BCUT2D eigenvalue weighted by atomic mass is 35.5. The average Bonchev–Trinajstić information content (AvgIpc) is 2.24. The first-order chi connectivity index (χ1) is 7.25. The van der Waals surface area contributed by atoms with Crippen LogP contribution in [0.2, 0.25) is 5.02 Å². The summed E-state index contributed by atoms with van der Waals surface area (Å²) in [6.45, 7) is 1.42. The fourth-order valence-corrected chi connectivity index (χ4v) is 1.66. The third kappa shape index (κ3) is 2.73. The van der Waals surface area contributed by atoms with Gasteiger partial charge in [0.15, 0.2) is 0 Å². The number of pyridine rings is 1. The minimum Gasteiger partial charge on any atom is -0.506 e. The Bertz CT molecular complexity index is 339. The molecule has 0 amide bonds. The smallest absolute Gasteiger partial charge is 0.233 e. The van der Waals surface area contributed by atoms with Crippen LogP contribution in [0.1, 0.15) is 12.8 Å². The van der Waals surface area contributed by atoms with Gasteiger partial charge in [-0.2, -0.15) is 0 Å². The van der Waals surface area contributed by atoms with Gasteiger partial charge in [0.25, 0.3) is 0 Å². The van der Waals surface area contributed by atoms with E-state index in [0.717, 1.165) is 12.8 Å². The number of hydrogen-bond donors (Lipinski definition) is 1. The Hall–Kier alpha value is -1.00. The molecule has 0 aliphatic carbocycles. The van der Waals surface area contributed by atoms with Crippen LogP contribution >= 0.6 is 11.6 Å². The normalized spacial score (nSPS) is 17.7. The molecule has 0 aromatic carbocycles. The summed E-state index contributed by atoms with van der Waals surface area (Å²) in [5.74, 6) is 0.417. The molecule has 0 bridgehead atoms. The molecule has 0 atom stereocenters. The van der Waals surface area contributed by atoms with Gasteiger partial charge in [-0.05, 0) is 0 Å². The third-order valence-electron chi connectivity index (χ3n) is 2.24. The summed E-state index contributed by atoms with van der Waals surface area (Å²) in [4.78, 5) is 3.93. The Kier molecular flexibility index (Phi) is 3.28. The van der Waals surface area contributed by atoms with Crippen LogP contribution in [0.15, 0.2) is 12.3 Å². The summed E-state index contributed by atoms with van der Waals surface area (Å²) in [6.07, 6.45) is 3.12. The number of aromatic nitrogens is 1. The molecule has 0 spiro atoms. The van der Waals surface area contributed by atoms with Crippen molar-refractivity contribution in [1.29, 1.82) is 0 Å². The molecule has 0 saturated carbocycles. The van der Waals surface area contributed by atoms with Crippen molar-refractivity contribution in [2.45, 2.75) is 18.9 Å². The second-order valence-electron chi connectivity index (χ2n) is 3.41. The fraction of sp³-hybridized carbons (Fsp3) is 0.500. The lowest BCUT2D eigenvalue weighted by Gasteiger charge is -2.22. The van der Waals surface area contributed by atoms with Crippen LogP contribution in [0.4, 0.5) is 0 Å². The topological polar surface area (TPSA) is 51.6 Å². The number of ether oxygens (including phenoxy) is 2. The minimum atomic E-state index is 0.0410. The maximum atomic E-state index is 9.12. The van der Waals surface area contributed by atoms with Crippen molar-refractivity contribution in [3.63, 3.8) is 0 Å². The largest absolute Gasteiger partial charge is 0.506 e. The van der Waals surface area contributed by atoms with Gasteiger partial charge >= 0.3 is 0 Å². The molecule has 2 rings (SSSR count). The molecule has 15 heavy (non-hydrogen) atoms. The first-order valence-electron chi connectivity index (χ1n) is 4.84. The van der Waals surface area contributed by atoms with Gasteiger partial charge in [0.1, 0.15) is 16.9 Å². The van der Waals surface area contributed by atoms with E-state index in [4.69, 9.17) is 26.2 Å². The summed E-state index contributed by atoms with van der Waals surface area (Å²) in [7, 11) is 0. The number of halogens is 1. The van der Waals surface area contributed by atoms with Crippen LogP contribution in [0.5, 0.6) is 11.6 Å². The first kappa shape index (κ1) is 10.5. The lowest BCUT2D eigenvalue weighted by Crippen LogP contribution is -2.26. The van der Waals surface area contributed by atoms with Crippen molar-refractivity contribution in [3.8, 4) is 11.6 Å². The highest BCUT2D eigenvalue weighted by Gasteiger charge is 2.17. The van der Waals surface area contributed by atoms with Gasteiger partial charge in [-0.3, -0.25) is 0 Å². The Morgan fingerprint density at radius 3 is 2.87 bits per heavy atom. The standard InChI is InChI=1S/C10H12ClNO3/c11-9-5-7(13)6-12-10(9)15-8-1-3-14-4-2-8/h5-6,8,13H,1-4H2. The molecule has 1 fully saturated rings. The summed E-state index contributed by atoms with van der Waals surface area (Å²) < 4.78 is 10.8. The summed E-state index contributed by atoms with van der Waals surface area (Å²) in [6, 6.07) is 1.42. The minimum absolute atomic E-state index is 0.0410. The van der Waals surface area contributed by atoms with Crippen LogP contribution in [0.3, 0.4) is 0 Å². The first-order valence-corrected chi connectivity index (χ1v) is 5.22. The number of hydrogen-bond acceptors (Lipinski definition) is 4. The Morgan fingerprint density at radius 1 is 1.47 bits per heavy atom. The molecule has 4 nitrogen and oxygen atoms in total. The van der Waals surface area contributed by atoms with Crippen LogP contribution in [0, 0.1) is 0 Å². The van der Waals surface area contributed by atoms with Crippen molar-refractivity contribution in [2.75, 3.05) is 13.2 Å². The van der Waals surface area contributed by atoms with Gasteiger partial charge in [0, 0.05) is 18.9 Å². The van der Waals surface area contributed by atoms with Crippen molar-refractivity contribution < 1.29 is 14.6 Å². The molecule has 1 aliphatic heterocycles. The third-order valence-corrected chi connectivity index (χ3v) is 2.51. The Morgan fingerprint density at radius 2 is 2.20 bits per heavy atom. The van der Waals surface area contributed by atoms with Crippen LogP contribution in [0.25, 0.3) is 0 Å². The molecule has 5 heteroatoms. The maximum Gasteiger partial charge on any atom is 0.233 e. The Labute approximate surface area is 92.8 Å². The summed E-state index contributed by atoms with van der Waals surface area (Å²) >= 11 is 5.87. The van der Waals surface area contributed by atoms with E-state index in [-0.39, 0.29) is 11.9 Å². The quantitative estimate of drug-likeness (QED) is 0.843. The molecule has 0 radical (unpaired) electrons. The van der Waals surface area contributed by atoms with Crippen molar-refractivity contribution >= 4 is 11.6 Å². The maximum absolute atomic E-state index is 9.12. The predicted octanol–water partition coefficient (Wildman–Crippen LogP) is 2.00. The van der Waals surface area contributed by atoms with Crippen molar-refractivity contribution in [2.24, 2.45) is 0 Å². The molecule has 1 aromatic rings. The van der Waals surface area contributed by atoms with E-state index < -0.39 is 0 Å². The summed E-state index contributed by atoms with van der Waals surface area (Å²) in [5, 5.41) is 9.46. The second-order valence-corrected chi connectivity index (χ2v) is 3.82. The lowest BCUT2D eigenvalue weighted by molar-refractivity contribution is 0.0237. The number of rotatable bonds is 2. The van der Waals surface area contributed by atoms with Gasteiger partial charge in [-0.25, -0.2) is 4.98 Å². The molecule has 1 aromatic heterocycles. The zero-order valence-corrected chi connectivity index (χ0v) is 8.91. The number of aromatic hydroxyl groups is 1. The number of nitrogens with zero attached hydrogens (tertiary/aromatic N) is 1. The van der Waals surface area contributed by atoms with Crippen LogP contribution in [-0.2, 0) is 4.74 Å². The summed E-state index contributed by atoms with van der Waals surface area (Å²) in [5.41, 5.74) is 0. The van der Waals surface area contributed by atoms with E-state index in [1.807, 2.05) is 0 Å². The molecule has 0 unspecified atom stereocenters. The molecule has 1 aliphatic rings. The van der Waals surface area contributed by atoms with Crippen molar-refractivity contribution in [3.05, 3.63) is 17.3 Å². The van der Waals surface area contributed by atoms with Gasteiger partial charge in [0.05, 0.1) is 19.4 Å². The van der Waals surface area contributed by atoms with Gasteiger partial charge < -0.3 is 14.6 Å². The fourth-order valence-electron chi connectivity index (χ4n) is 1.45.